The third-order valence-corrected chi connectivity index (χ3v) is 4.43. The van der Waals surface area contributed by atoms with E-state index in [1.807, 2.05) is 28.8 Å². The molecule has 0 aliphatic carbocycles. The molecule has 2 N–H and O–H groups in total. The Morgan fingerprint density at radius 1 is 1.25 bits per heavy atom. The third kappa shape index (κ3) is 2.76. The maximum atomic E-state index is 12.4. The highest BCUT2D eigenvalue weighted by Gasteiger charge is 2.20. The first kappa shape index (κ1) is 14.8. The number of nitrogens with one attached hydrogen (secondary N) is 2. The van der Waals surface area contributed by atoms with E-state index in [1.165, 1.54) is 0 Å². The predicted octanol–water partition coefficient (Wildman–Crippen LogP) is 2.45. The van der Waals surface area contributed by atoms with Crippen LogP contribution in [0.1, 0.15) is 34.8 Å². The number of carbonyl (C=O) groups is 1. The summed E-state index contributed by atoms with van der Waals surface area (Å²) in [6, 6.07) is 11.2. The molecule has 6 nitrogen and oxygen atoms in total. The Kier molecular flexibility index (Phi) is 3.96. The molecule has 2 aromatic heterocycles. The third-order valence-electron chi connectivity index (χ3n) is 4.43. The van der Waals surface area contributed by atoms with Gasteiger partial charge in [0.1, 0.15) is 5.69 Å². The minimum atomic E-state index is -0.156. The number of hydrogen-bond donors (Lipinski definition) is 2. The number of rotatable bonds is 3. The molecule has 1 aliphatic rings. The van der Waals surface area contributed by atoms with Crippen molar-refractivity contribution in [2.75, 3.05) is 18.4 Å². The molecule has 1 aromatic carbocycles. The fourth-order valence-corrected chi connectivity index (χ4v) is 3.20. The van der Waals surface area contributed by atoms with Crippen LogP contribution in [0.4, 0.5) is 5.69 Å². The summed E-state index contributed by atoms with van der Waals surface area (Å²) in [6.45, 7) is 2.02. The summed E-state index contributed by atoms with van der Waals surface area (Å²) in [5.74, 6) is 0.263. The lowest BCUT2D eigenvalue weighted by Crippen LogP contribution is -2.29. The summed E-state index contributed by atoms with van der Waals surface area (Å²) in [6.07, 6.45) is 5.76. The van der Waals surface area contributed by atoms with Gasteiger partial charge in [-0.3, -0.25) is 4.79 Å². The Hall–Kier alpha value is -2.73. The molecule has 0 spiro atoms. The van der Waals surface area contributed by atoms with Crippen LogP contribution >= 0.6 is 0 Å². The van der Waals surface area contributed by atoms with Crippen LogP contribution in [0.5, 0.6) is 0 Å². The van der Waals surface area contributed by atoms with E-state index in [-0.39, 0.29) is 5.91 Å². The van der Waals surface area contributed by atoms with Crippen molar-refractivity contribution < 1.29 is 4.79 Å². The monoisotopic (exact) mass is 321 g/mol. The maximum Gasteiger partial charge on any atom is 0.255 e. The molecular formula is C18H19N5O. The Morgan fingerprint density at radius 2 is 2.12 bits per heavy atom. The molecule has 6 heteroatoms. The van der Waals surface area contributed by atoms with Crippen LogP contribution in [0.2, 0.25) is 0 Å². The van der Waals surface area contributed by atoms with E-state index >= 15 is 0 Å². The van der Waals surface area contributed by atoms with E-state index in [4.69, 9.17) is 0 Å². The molecule has 1 aliphatic heterocycles. The molecule has 0 bridgehead atoms. The van der Waals surface area contributed by atoms with Crippen molar-refractivity contribution in [2.45, 2.75) is 18.8 Å². The zero-order valence-corrected chi connectivity index (χ0v) is 13.3. The summed E-state index contributed by atoms with van der Waals surface area (Å²) in [7, 11) is 0. The maximum absolute atomic E-state index is 12.4. The Labute approximate surface area is 139 Å². The Morgan fingerprint density at radius 3 is 2.92 bits per heavy atom. The molecule has 0 saturated carbocycles. The summed E-state index contributed by atoms with van der Waals surface area (Å²) < 4.78 is 1.85. The summed E-state index contributed by atoms with van der Waals surface area (Å²) in [5.41, 5.74) is 3.06. The number of hydrogen-bond acceptors (Lipinski definition) is 4. The van der Waals surface area contributed by atoms with Gasteiger partial charge in [-0.05, 0) is 37.6 Å². The van der Waals surface area contributed by atoms with Crippen LogP contribution in [0.25, 0.3) is 5.65 Å². The summed E-state index contributed by atoms with van der Waals surface area (Å²) >= 11 is 0. The van der Waals surface area contributed by atoms with Gasteiger partial charge in [0.2, 0.25) is 0 Å². The van der Waals surface area contributed by atoms with E-state index in [0.29, 0.717) is 22.8 Å². The van der Waals surface area contributed by atoms with Crippen molar-refractivity contribution in [3.63, 3.8) is 0 Å². The second kappa shape index (κ2) is 6.41. The number of nitrogens with zero attached hydrogens (tertiary/aromatic N) is 3. The molecule has 1 atom stereocenters. The van der Waals surface area contributed by atoms with Crippen molar-refractivity contribution in [3.8, 4) is 0 Å². The first-order chi connectivity index (χ1) is 11.8. The zero-order chi connectivity index (χ0) is 16.4. The van der Waals surface area contributed by atoms with E-state index in [9.17, 15) is 4.79 Å². The minimum Gasteiger partial charge on any atom is -0.317 e. The standard InChI is InChI=1S/C18H19N5O/c24-18(13-5-2-1-3-6-13)22-15-12-21-23-16(8-10-20-17(15)23)14-7-4-9-19-11-14/h1-3,5-6,8,10,12,14,19H,4,7,9,11H2,(H,22,24). The molecule has 4 rings (SSSR count). The smallest absolute Gasteiger partial charge is 0.255 e. The van der Waals surface area contributed by atoms with Crippen LogP contribution in [0.3, 0.4) is 0 Å². The normalized spacial score (nSPS) is 17.8. The van der Waals surface area contributed by atoms with Crippen LogP contribution in [0.15, 0.2) is 48.8 Å². The minimum absolute atomic E-state index is 0.156. The van der Waals surface area contributed by atoms with Gasteiger partial charge in [-0.1, -0.05) is 18.2 Å². The predicted molar refractivity (Wildman–Crippen MR) is 92.2 cm³/mol. The summed E-state index contributed by atoms with van der Waals surface area (Å²) in [4.78, 5) is 16.8. The fourth-order valence-electron chi connectivity index (χ4n) is 3.20. The molecule has 1 amide bonds. The number of piperidine rings is 1. The number of anilines is 1. The number of carbonyl (C=O) groups excluding carboxylic acids is 1. The number of fused-ring (bicyclic) bond motifs is 1. The molecule has 1 fully saturated rings. The molecule has 0 radical (unpaired) electrons. The van der Waals surface area contributed by atoms with Crippen molar-refractivity contribution >= 4 is 17.2 Å². The first-order valence-electron chi connectivity index (χ1n) is 8.22. The number of benzene rings is 1. The average Bonchev–Trinajstić information content (AvgIpc) is 3.06. The van der Waals surface area contributed by atoms with Gasteiger partial charge in [0, 0.05) is 24.2 Å². The van der Waals surface area contributed by atoms with E-state index in [0.717, 1.165) is 31.6 Å². The number of aromatic nitrogens is 3. The molecule has 122 valence electrons. The lowest BCUT2D eigenvalue weighted by molar-refractivity contribution is 0.102. The van der Waals surface area contributed by atoms with Crippen LogP contribution in [0, 0.1) is 0 Å². The average molecular weight is 321 g/mol. The molecule has 24 heavy (non-hydrogen) atoms. The van der Waals surface area contributed by atoms with Gasteiger partial charge >= 0.3 is 0 Å². The topological polar surface area (TPSA) is 71.3 Å². The van der Waals surface area contributed by atoms with Gasteiger partial charge in [-0.2, -0.15) is 5.10 Å². The van der Waals surface area contributed by atoms with Crippen molar-refractivity contribution in [1.82, 2.24) is 19.9 Å². The Bertz CT molecular complexity index is 852. The van der Waals surface area contributed by atoms with Gasteiger partial charge in [0.05, 0.1) is 11.9 Å². The lowest BCUT2D eigenvalue weighted by atomic mass is 9.96. The van der Waals surface area contributed by atoms with Crippen molar-refractivity contribution in [3.05, 3.63) is 60.0 Å². The Balaban J connectivity index is 1.64. The second-order valence-electron chi connectivity index (χ2n) is 6.03. The largest absolute Gasteiger partial charge is 0.317 e. The highest BCUT2D eigenvalue weighted by molar-refractivity contribution is 6.05. The highest BCUT2D eigenvalue weighted by atomic mass is 16.1. The SMILES string of the molecule is O=C(Nc1cnn2c(C3CCCNC3)ccnc12)c1ccccc1. The molecule has 3 heterocycles. The van der Waals surface area contributed by atoms with Crippen LogP contribution in [-0.2, 0) is 0 Å². The van der Waals surface area contributed by atoms with Crippen LogP contribution < -0.4 is 10.6 Å². The quantitative estimate of drug-likeness (QED) is 0.777. The van der Waals surface area contributed by atoms with Crippen molar-refractivity contribution in [2.24, 2.45) is 0 Å². The molecule has 1 saturated heterocycles. The lowest BCUT2D eigenvalue weighted by Gasteiger charge is -2.23. The van der Waals surface area contributed by atoms with Gasteiger partial charge in [-0.25, -0.2) is 9.50 Å². The van der Waals surface area contributed by atoms with Crippen molar-refractivity contribution in [1.29, 1.82) is 0 Å². The van der Waals surface area contributed by atoms with E-state index in [1.54, 1.807) is 24.5 Å². The summed E-state index contributed by atoms with van der Waals surface area (Å²) in [5, 5.41) is 10.8. The number of amides is 1. The van der Waals surface area contributed by atoms with E-state index in [2.05, 4.69) is 20.7 Å². The van der Waals surface area contributed by atoms with Gasteiger partial charge < -0.3 is 10.6 Å². The highest BCUT2D eigenvalue weighted by Crippen LogP contribution is 2.25. The molecule has 1 unspecified atom stereocenters. The van der Waals surface area contributed by atoms with Gasteiger partial charge in [0.25, 0.3) is 5.91 Å². The van der Waals surface area contributed by atoms with Gasteiger partial charge in [-0.15, -0.1) is 0 Å². The first-order valence-corrected chi connectivity index (χ1v) is 8.22. The van der Waals surface area contributed by atoms with Crippen LogP contribution in [-0.4, -0.2) is 33.6 Å². The van der Waals surface area contributed by atoms with E-state index < -0.39 is 0 Å². The fraction of sp³-hybridized carbons (Fsp3) is 0.278. The molecular weight excluding hydrogens is 302 g/mol. The second-order valence-corrected chi connectivity index (χ2v) is 6.03. The van der Waals surface area contributed by atoms with Gasteiger partial charge in [0.15, 0.2) is 5.65 Å². The zero-order valence-electron chi connectivity index (χ0n) is 13.3. The molecule has 3 aromatic rings.